The van der Waals surface area contributed by atoms with E-state index < -0.39 is 0 Å². The second-order valence-electron chi connectivity index (χ2n) is 6.37. The normalized spacial score (nSPS) is 25.0. The number of piperazine rings is 1. The Kier molecular flexibility index (Phi) is 4.29. The van der Waals surface area contributed by atoms with Crippen LogP contribution in [0.4, 0.5) is 0 Å². The third-order valence-electron chi connectivity index (χ3n) is 5.07. The van der Waals surface area contributed by atoms with Crippen molar-refractivity contribution >= 4 is 5.91 Å². The first-order valence-electron chi connectivity index (χ1n) is 8.39. The summed E-state index contributed by atoms with van der Waals surface area (Å²) in [5.41, 5.74) is 3.70. The van der Waals surface area contributed by atoms with Crippen molar-refractivity contribution < 1.29 is 4.79 Å². The molecule has 3 rings (SSSR count). The van der Waals surface area contributed by atoms with E-state index in [0.29, 0.717) is 12.1 Å². The van der Waals surface area contributed by atoms with Gasteiger partial charge in [-0.05, 0) is 55.4 Å². The van der Waals surface area contributed by atoms with Crippen molar-refractivity contribution in [2.24, 2.45) is 0 Å². The average molecular weight is 286 g/mol. The molecule has 1 aromatic carbocycles. The number of amides is 1. The fourth-order valence-electron chi connectivity index (χ4n) is 3.62. The SMILES string of the molecule is CCC1CN(C(=O)c2ccc3c(c2)CCC3)C(CC)CN1. The Labute approximate surface area is 127 Å². The molecule has 2 atom stereocenters. The Morgan fingerprint density at radius 3 is 2.81 bits per heavy atom. The van der Waals surface area contributed by atoms with Crippen molar-refractivity contribution in [3.63, 3.8) is 0 Å². The monoisotopic (exact) mass is 286 g/mol. The van der Waals surface area contributed by atoms with Crippen LogP contribution in [0.5, 0.6) is 0 Å². The molecule has 0 bridgehead atoms. The molecular formula is C18H26N2O. The Bertz CT molecular complexity index is 526. The van der Waals surface area contributed by atoms with Crippen LogP contribution in [0.1, 0.15) is 54.6 Å². The zero-order valence-electron chi connectivity index (χ0n) is 13.2. The predicted molar refractivity (Wildman–Crippen MR) is 85.7 cm³/mol. The van der Waals surface area contributed by atoms with Crippen LogP contribution in [0.2, 0.25) is 0 Å². The molecule has 0 radical (unpaired) electrons. The first kappa shape index (κ1) is 14.6. The van der Waals surface area contributed by atoms with Gasteiger partial charge in [0.25, 0.3) is 5.91 Å². The number of nitrogens with zero attached hydrogens (tertiary/aromatic N) is 1. The summed E-state index contributed by atoms with van der Waals surface area (Å²) in [5.74, 6) is 0.219. The lowest BCUT2D eigenvalue weighted by atomic mass is 10.0. The molecule has 0 aromatic heterocycles. The minimum atomic E-state index is 0.219. The Morgan fingerprint density at radius 1 is 1.24 bits per heavy atom. The number of rotatable bonds is 3. The lowest BCUT2D eigenvalue weighted by Gasteiger charge is -2.40. The standard InChI is InChI=1S/C18H26N2O/c1-3-16-12-20(17(4-2)11-19-16)18(21)15-9-8-13-6-5-7-14(13)10-15/h8-10,16-17,19H,3-7,11-12H2,1-2H3. The van der Waals surface area contributed by atoms with Crippen LogP contribution in [0.15, 0.2) is 18.2 Å². The van der Waals surface area contributed by atoms with Gasteiger partial charge in [0.1, 0.15) is 0 Å². The van der Waals surface area contributed by atoms with Gasteiger partial charge in [-0.15, -0.1) is 0 Å². The molecule has 1 aliphatic carbocycles. The highest BCUT2D eigenvalue weighted by Crippen LogP contribution is 2.24. The van der Waals surface area contributed by atoms with Gasteiger partial charge < -0.3 is 10.2 Å². The highest BCUT2D eigenvalue weighted by molar-refractivity contribution is 5.95. The summed E-state index contributed by atoms with van der Waals surface area (Å²) >= 11 is 0. The van der Waals surface area contributed by atoms with E-state index in [-0.39, 0.29) is 5.91 Å². The molecule has 1 amide bonds. The summed E-state index contributed by atoms with van der Waals surface area (Å²) in [4.78, 5) is 15.0. The van der Waals surface area contributed by atoms with E-state index in [4.69, 9.17) is 0 Å². The molecule has 1 N–H and O–H groups in total. The molecule has 2 unspecified atom stereocenters. The minimum absolute atomic E-state index is 0.219. The van der Waals surface area contributed by atoms with Crippen LogP contribution in [0.3, 0.4) is 0 Å². The Morgan fingerprint density at radius 2 is 2.05 bits per heavy atom. The second kappa shape index (κ2) is 6.18. The lowest BCUT2D eigenvalue weighted by Crippen LogP contribution is -2.57. The number of nitrogens with one attached hydrogen (secondary N) is 1. The van der Waals surface area contributed by atoms with Gasteiger partial charge in [0.2, 0.25) is 0 Å². The smallest absolute Gasteiger partial charge is 0.254 e. The maximum absolute atomic E-state index is 12.9. The largest absolute Gasteiger partial charge is 0.333 e. The fourth-order valence-corrected chi connectivity index (χ4v) is 3.62. The van der Waals surface area contributed by atoms with Crippen molar-refractivity contribution in [2.75, 3.05) is 13.1 Å². The number of hydrogen-bond donors (Lipinski definition) is 1. The van der Waals surface area contributed by atoms with E-state index in [1.54, 1.807) is 0 Å². The third kappa shape index (κ3) is 2.84. The number of hydrogen-bond acceptors (Lipinski definition) is 2. The highest BCUT2D eigenvalue weighted by Gasteiger charge is 2.30. The molecular weight excluding hydrogens is 260 g/mol. The summed E-state index contributed by atoms with van der Waals surface area (Å²) in [6.45, 7) is 6.11. The molecule has 0 spiro atoms. The number of benzene rings is 1. The molecule has 1 saturated heterocycles. The number of aryl methyl sites for hydroxylation is 2. The van der Waals surface area contributed by atoms with Gasteiger partial charge in [0.05, 0.1) is 0 Å². The summed E-state index contributed by atoms with van der Waals surface area (Å²) in [7, 11) is 0. The van der Waals surface area contributed by atoms with Gasteiger partial charge in [-0.2, -0.15) is 0 Å². The van der Waals surface area contributed by atoms with Gasteiger partial charge in [-0.1, -0.05) is 19.9 Å². The van der Waals surface area contributed by atoms with Crippen LogP contribution in [-0.4, -0.2) is 36.0 Å². The van der Waals surface area contributed by atoms with Crippen molar-refractivity contribution in [1.82, 2.24) is 10.2 Å². The van der Waals surface area contributed by atoms with E-state index in [2.05, 4.69) is 36.2 Å². The highest BCUT2D eigenvalue weighted by atomic mass is 16.2. The van der Waals surface area contributed by atoms with E-state index >= 15 is 0 Å². The van der Waals surface area contributed by atoms with E-state index in [1.807, 2.05) is 6.07 Å². The molecule has 2 aliphatic rings. The van der Waals surface area contributed by atoms with Crippen LogP contribution in [-0.2, 0) is 12.8 Å². The van der Waals surface area contributed by atoms with Crippen molar-refractivity contribution in [3.8, 4) is 0 Å². The topological polar surface area (TPSA) is 32.3 Å². The van der Waals surface area contributed by atoms with Gasteiger partial charge in [-0.25, -0.2) is 0 Å². The minimum Gasteiger partial charge on any atom is -0.333 e. The van der Waals surface area contributed by atoms with Crippen LogP contribution in [0, 0.1) is 0 Å². The maximum atomic E-state index is 12.9. The molecule has 114 valence electrons. The predicted octanol–water partition coefficient (Wildman–Crippen LogP) is 2.78. The quantitative estimate of drug-likeness (QED) is 0.926. The molecule has 0 saturated carbocycles. The second-order valence-corrected chi connectivity index (χ2v) is 6.37. The molecule has 1 aromatic rings. The van der Waals surface area contributed by atoms with E-state index in [0.717, 1.165) is 37.9 Å². The van der Waals surface area contributed by atoms with Gasteiger partial charge in [0.15, 0.2) is 0 Å². The Hall–Kier alpha value is -1.35. The molecule has 1 fully saturated rings. The summed E-state index contributed by atoms with van der Waals surface area (Å²) in [5, 5.41) is 3.55. The first-order valence-corrected chi connectivity index (χ1v) is 8.39. The maximum Gasteiger partial charge on any atom is 0.254 e. The van der Waals surface area contributed by atoms with Crippen LogP contribution in [0.25, 0.3) is 0 Å². The van der Waals surface area contributed by atoms with Crippen LogP contribution >= 0.6 is 0 Å². The van der Waals surface area contributed by atoms with Crippen molar-refractivity contribution in [3.05, 3.63) is 34.9 Å². The van der Waals surface area contributed by atoms with Crippen molar-refractivity contribution in [1.29, 1.82) is 0 Å². The number of carbonyl (C=O) groups excluding carboxylic acids is 1. The van der Waals surface area contributed by atoms with E-state index in [9.17, 15) is 4.79 Å². The Balaban J connectivity index is 1.82. The van der Waals surface area contributed by atoms with Crippen LogP contribution < -0.4 is 5.32 Å². The number of fused-ring (bicyclic) bond motifs is 1. The molecule has 1 heterocycles. The molecule has 21 heavy (non-hydrogen) atoms. The first-order chi connectivity index (χ1) is 10.2. The van der Waals surface area contributed by atoms with Gasteiger partial charge >= 0.3 is 0 Å². The zero-order chi connectivity index (χ0) is 14.8. The summed E-state index contributed by atoms with van der Waals surface area (Å²) in [6.07, 6.45) is 5.63. The average Bonchev–Trinajstić information content (AvgIpc) is 3.01. The molecule has 3 heteroatoms. The lowest BCUT2D eigenvalue weighted by molar-refractivity contribution is 0.0576. The summed E-state index contributed by atoms with van der Waals surface area (Å²) < 4.78 is 0. The molecule has 3 nitrogen and oxygen atoms in total. The zero-order valence-corrected chi connectivity index (χ0v) is 13.2. The van der Waals surface area contributed by atoms with Gasteiger partial charge in [0, 0.05) is 30.7 Å². The van der Waals surface area contributed by atoms with E-state index in [1.165, 1.54) is 24.0 Å². The van der Waals surface area contributed by atoms with Crippen molar-refractivity contribution in [2.45, 2.75) is 58.0 Å². The molecule has 1 aliphatic heterocycles. The number of carbonyl (C=O) groups is 1. The third-order valence-corrected chi connectivity index (χ3v) is 5.07. The summed E-state index contributed by atoms with van der Waals surface area (Å²) in [6, 6.07) is 7.10. The van der Waals surface area contributed by atoms with Gasteiger partial charge in [-0.3, -0.25) is 4.79 Å². The fraction of sp³-hybridized carbons (Fsp3) is 0.611.